The van der Waals surface area contributed by atoms with Crippen molar-refractivity contribution in [3.8, 4) is 0 Å². The number of aliphatic hydroxyl groups is 1. The lowest BCUT2D eigenvalue weighted by Crippen LogP contribution is -2.55. The van der Waals surface area contributed by atoms with E-state index in [1.165, 1.54) is 0 Å². The van der Waals surface area contributed by atoms with E-state index in [-0.39, 0.29) is 36.6 Å². The van der Waals surface area contributed by atoms with E-state index in [0.29, 0.717) is 32.7 Å². The van der Waals surface area contributed by atoms with Gasteiger partial charge in [-0.25, -0.2) is 0 Å². The summed E-state index contributed by atoms with van der Waals surface area (Å²) in [6.45, 7) is 6.00. The number of benzene rings is 2. The summed E-state index contributed by atoms with van der Waals surface area (Å²) in [4.78, 5) is 41.5. The lowest BCUT2D eigenvalue weighted by atomic mass is 10.00. The van der Waals surface area contributed by atoms with Crippen molar-refractivity contribution < 1.29 is 24.2 Å². The van der Waals surface area contributed by atoms with Gasteiger partial charge in [0.15, 0.2) is 0 Å². The summed E-state index contributed by atoms with van der Waals surface area (Å²) in [5.41, 5.74) is 0.910. The van der Waals surface area contributed by atoms with Crippen LogP contribution in [0, 0.1) is 5.92 Å². The van der Waals surface area contributed by atoms with Crippen LogP contribution >= 0.6 is 0 Å². The molecule has 3 rings (SSSR count). The van der Waals surface area contributed by atoms with Crippen LogP contribution in [-0.2, 0) is 25.5 Å². The molecule has 0 aromatic heterocycles. The van der Waals surface area contributed by atoms with E-state index in [1.54, 1.807) is 12.0 Å². The monoisotopic (exact) mass is 540 g/mol. The Hall–Kier alpha value is -3.01. The highest BCUT2D eigenvalue weighted by Crippen LogP contribution is 2.23. The standard InChI is InChI=1S/C30H44N4O5/c1-4-22(5-2)30(38)34-15-8-11-27(34)29(37)33-26(28(36)32-20-25(35)19-31-14-16-39-3)18-21-12-13-23-9-6-7-10-24(23)17-21/h6-7,9-10,12-13,17,22,25-27,31,35H,4-5,8,11,14-16,18-20H2,1-3H3,(H,32,36)(H,33,37). The number of aliphatic hydroxyl groups excluding tert-OH is 1. The third-order valence-electron chi connectivity index (χ3n) is 7.43. The van der Waals surface area contributed by atoms with Gasteiger partial charge in [0.05, 0.1) is 12.7 Å². The van der Waals surface area contributed by atoms with Gasteiger partial charge in [0.2, 0.25) is 17.7 Å². The zero-order valence-electron chi connectivity index (χ0n) is 23.4. The predicted molar refractivity (Wildman–Crippen MR) is 152 cm³/mol. The molecular weight excluding hydrogens is 496 g/mol. The number of rotatable bonds is 15. The van der Waals surface area contributed by atoms with Gasteiger partial charge in [0, 0.05) is 45.6 Å². The van der Waals surface area contributed by atoms with Crippen molar-refractivity contribution in [1.82, 2.24) is 20.9 Å². The molecule has 3 atom stereocenters. The molecule has 0 radical (unpaired) electrons. The fraction of sp³-hybridized carbons (Fsp3) is 0.567. The number of ether oxygens (including phenoxy) is 1. The molecule has 0 saturated carbocycles. The molecule has 1 heterocycles. The van der Waals surface area contributed by atoms with Crippen molar-refractivity contribution in [1.29, 1.82) is 0 Å². The Morgan fingerprint density at radius 1 is 1.08 bits per heavy atom. The minimum absolute atomic E-state index is 0.0114. The lowest BCUT2D eigenvalue weighted by molar-refractivity contribution is -0.142. The molecule has 9 nitrogen and oxygen atoms in total. The van der Waals surface area contributed by atoms with Crippen LogP contribution in [-0.4, -0.2) is 85.8 Å². The summed E-state index contributed by atoms with van der Waals surface area (Å²) in [5, 5.41) is 21.2. The highest BCUT2D eigenvalue weighted by molar-refractivity contribution is 5.93. The number of hydrogen-bond donors (Lipinski definition) is 4. The quantitative estimate of drug-likeness (QED) is 0.257. The number of carbonyl (C=O) groups excluding carboxylic acids is 3. The Kier molecular flexibility index (Phi) is 12.2. The van der Waals surface area contributed by atoms with Gasteiger partial charge in [-0.1, -0.05) is 56.3 Å². The smallest absolute Gasteiger partial charge is 0.243 e. The normalized spacial score (nSPS) is 16.8. The Morgan fingerprint density at radius 2 is 1.82 bits per heavy atom. The van der Waals surface area contributed by atoms with Crippen molar-refractivity contribution in [2.45, 2.75) is 64.1 Å². The van der Waals surface area contributed by atoms with Crippen LogP contribution in [0.1, 0.15) is 45.1 Å². The van der Waals surface area contributed by atoms with E-state index < -0.39 is 18.2 Å². The molecule has 9 heteroatoms. The summed E-state index contributed by atoms with van der Waals surface area (Å²) in [6.07, 6.45) is 2.30. The maximum atomic E-state index is 13.5. The van der Waals surface area contributed by atoms with Crippen LogP contribution in [0.3, 0.4) is 0 Å². The number of carbonyl (C=O) groups is 3. The zero-order chi connectivity index (χ0) is 28.2. The first-order chi connectivity index (χ1) is 18.9. The van der Waals surface area contributed by atoms with Crippen LogP contribution in [0.2, 0.25) is 0 Å². The van der Waals surface area contributed by atoms with E-state index in [9.17, 15) is 19.5 Å². The number of likely N-dealkylation sites (tertiary alicyclic amines) is 1. The predicted octanol–water partition coefficient (Wildman–Crippen LogP) is 2.01. The van der Waals surface area contributed by atoms with Crippen LogP contribution in [0.25, 0.3) is 10.8 Å². The van der Waals surface area contributed by atoms with Gasteiger partial charge in [0.25, 0.3) is 0 Å². The fourth-order valence-electron chi connectivity index (χ4n) is 5.11. The van der Waals surface area contributed by atoms with E-state index in [0.717, 1.165) is 35.6 Å². The lowest BCUT2D eigenvalue weighted by Gasteiger charge is -2.29. The second-order valence-electron chi connectivity index (χ2n) is 10.2. The number of hydrogen-bond acceptors (Lipinski definition) is 6. The average Bonchev–Trinajstić information content (AvgIpc) is 3.44. The van der Waals surface area contributed by atoms with Gasteiger partial charge in [0.1, 0.15) is 12.1 Å². The van der Waals surface area contributed by atoms with E-state index >= 15 is 0 Å². The third kappa shape index (κ3) is 8.74. The summed E-state index contributed by atoms with van der Waals surface area (Å²) >= 11 is 0. The van der Waals surface area contributed by atoms with Crippen molar-refractivity contribution >= 4 is 28.5 Å². The number of amides is 3. The van der Waals surface area contributed by atoms with Crippen LogP contribution in [0.5, 0.6) is 0 Å². The molecule has 214 valence electrons. The Labute approximate surface area is 231 Å². The van der Waals surface area contributed by atoms with Gasteiger partial charge >= 0.3 is 0 Å². The molecule has 0 aliphatic carbocycles. The van der Waals surface area contributed by atoms with Crippen molar-refractivity contribution in [2.75, 3.05) is 39.9 Å². The second kappa shape index (κ2) is 15.5. The minimum Gasteiger partial charge on any atom is -0.390 e. The third-order valence-corrected chi connectivity index (χ3v) is 7.43. The largest absolute Gasteiger partial charge is 0.390 e. The number of methoxy groups -OCH3 is 1. The molecule has 0 spiro atoms. The molecule has 4 N–H and O–H groups in total. The molecule has 1 aliphatic rings. The van der Waals surface area contributed by atoms with Gasteiger partial charge < -0.3 is 30.7 Å². The highest BCUT2D eigenvalue weighted by Gasteiger charge is 2.37. The Morgan fingerprint density at radius 3 is 2.54 bits per heavy atom. The molecule has 2 aromatic rings. The molecule has 3 unspecified atom stereocenters. The molecule has 1 saturated heterocycles. The molecule has 0 bridgehead atoms. The minimum atomic E-state index is -0.849. The second-order valence-corrected chi connectivity index (χ2v) is 10.2. The van der Waals surface area contributed by atoms with Crippen LogP contribution in [0.4, 0.5) is 0 Å². The maximum absolute atomic E-state index is 13.5. The van der Waals surface area contributed by atoms with Crippen molar-refractivity contribution in [2.24, 2.45) is 5.92 Å². The zero-order valence-corrected chi connectivity index (χ0v) is 23.4. The maximum Gasteiger partial charge on any atom is 0.243 e. The first kappa shape index (κ1) is 30.5. The first-order valence-electron chi connectivity index (χ1n) is 14.1. The Balaban J connectivity index is 1.71. The number of fused-ring (bicyclic) bond motifs is 1. The highest BCUT2D eigenvalue weighted by atomic mass is 16.5. The van der Waals surface area contributed by atoms with E-state index in [4.69, 9.17) is 4.74 Å². The molecule has 3 amide bonds. The topological polar surface area (TPSA) is 120 Å². The number of nitrogens with zero attached hydrogens (tertiary/aromatic N) is 1. The van der Waals surface area contributed by atoms with Gasteiger partial charge in [-0.05, 0) is 42.0 Å². The fourth-order valence-corrected chi connectivity index (χ4v) is 5.11. The summed E-state index contributed by atoms with van der Waals surface area (Å²) in [6, 6.07) is 12.5. The summed E-state index contributed by atoms with van der Waals surface area (Å²) < 4.78 is 4.99. The average molecular weight is 541 g/mol. The van der Waals surface area contributed by atoms with Gasteiger partial charge in [-0.3, -0.25) is 14.4 Å². The summed E-state index contributed by atoms with van der Waals surface area (Å²) in [5.74, 6) is -0.774. The Bertz CT molecular complexity index is 1090. The van der Waals surface area contributed by atoms with Crippen molar-refractivity contribution in [3.63, 3.8) is 0 Å². The van der Waals surface area contributed by atoms with Gasteiger partial charge in [-0.2, -0.15) is 0 Å². The van der Waals surface area contributed by atoms with E-state index in [2.05, 4.69) is 16.0 Å². The SMILES string of the molecule is CCC(CC)C(=O)N1CCCC1C(=O)NC(Cc1ccc2ccccc2c1)C(=O)NCC(O)CNCCOC. The molecule has 1 fully saturated rings. The van der Waals surface area contributed by atoms with E-state index in [1.807, 2.05) is 56.3 Å². The molecule has 39 heavy (non-hydrogen) atoms. The summed E-state index contributed by atoms with van der Waals surface area (Å²) in [7, 11) is 1.61. The molecule has 2 aromatic carbocycles. The van der Waals surface area contributed by atoms with Crippen molar-refractivity contribution in [3.05, 3.63) is 48.0 Å². The molecular formula is C30H44N4O5. The van der Waals surface area contributed by atoms with Gasteiger partial charge in [-0.15, -0.1) is 0 Å². The van der Waals surface area contributed by atoms with Crippen LogP contribution in [0.15, 0.2) is 42.5 Å². The molecule has 1 aliphatic heterocycles. The number of nitrogens with one attached hydrogen (secondary N) is 3. The van der Waals surface area contributed by atoms with Crippen LogP contribution < -0.4 is 16.0 Å². The first-order valence-corrected chi connectivity index (χ1v) is 14.1.